The summed E-state index contributed by atoms with van der Waals surface area (Å²) in [7, 11) is -2.74. The highest BCUT2D eigenvalue weighted by Gasteiger charge is 2.52. The smallest absolute Gasteiger partial charge is 0.402 e. The Kier molecular flexibility index (Phi) is 3.18. The molecular formula is C10H7BF4O3. The second-order valence-corrected chi connectivity index (χ2v) is 3.69. The summed E-state index contributed by atoms with van der Waals surface area (Å²) in [4.78, 5) is 0. The standard InChI is InChI=1S/C10H7BF4O3/c12-6-3-1-2-5-4-7(13)10(15,18-11(16)17)9(14)8(5)6/h1-4,9,16-17H. The highest BCUT2D eigenvalue weighted by atomic mass is 19.2. The molecule has 2 unspecified atom stereocenters. The van der Waals surface area contributed by atoms with Gasteiger partial charge in [-0.05, 0) is 17.7 Å². The van der Waals surface area contributed by atoms with E-state index in [0.29, 0.717) is 6.08 Å². The highest BCUT2D eigenvalue weighted by Crippen LogP contribution is 2.47. The number of halogens is 4. The molecule has 18 heavy (non-hydrogen) atoms. The fourth-order valence-electron chi connectivity index (χ4n) is 1.76. The summed E-state index contributed by atoms with van der Waals surface area (Å²) in [6, 6.07) is 3.27. The zero-order chi connectivity index (χ0) is 13.5. The molecule has 2 N–H and O–H groups in total. The molecule has 1 aliphatic carbocycles. The Balaban J connectivity index is 2.55. The maximum absolute atomic E-state index is 13.9. The van der Waals surface area contributed by atoms with E-state index in [9.17, 15) is 17.6 Å². The van der Waals surface area contributed by atoms with Crippen LogP contribution < -0.4 is 0 Å². The van der Waals surface area contributed by atoms with Crippen LogP contribution in [0.1, 0.15) is 17.3 Å². The van der Waals surface area contributed by atoms with E-state index in [0.717, 1.165) is 6.07 Å². The third-order valence-corrected chi connectivity index (χ3v) is 2.55. The van der Waals surface area contributed by atoms with E-state index in [1.165, 1.54) is 12.1 Å². The van der Waals surface area contributed by atoms with Crippen LogP contribution in [-0.4, -0.2) is 23.2 Å². The number of rotatable bonds is 2. The molecule has 0 spiro atoms. The van der Waals surface area contributed by atoms with Crippen LogP contribution in [0.15, 0.2) is 24.0 Å². The number of hydrogen-bond donors (Lipinski definition) is 2. The average molecular weight is 262 g/mol. The fourth-order valence-corrected chi connectivity index (χ4v) is 1.76. The van der Waals surface area contributed by atoms with Crippen molar-refractivity contribution in [3.8, 4) is 0 Å². The van der Waals surface area contributed by atoms with Crippen LogP contribution in [0, 0.1) is 5.82 Å². The second kappa shape index (κ2) is 4.38. The Morgan fingerprint density at radius 3 is 2.56 bits per heavy atom. The third-order valence-electron chi connectivity index (χ3n) is 2.55. The third kappa shape index (κ3) is 1.92. The fraction of sp³-hybridized carbons (Fsp3) is 0.200. The van der Waals surface area contributed by atoms with Gasteiger partial charge < -0.3 is 14.7 Å². The summed E-state index contributed by atoms with van der Waals surface area (Å²) in [6.07, 6.45) is -2.31. The zero-order valence-electron chi connectivity index (χ0n) is 8.78. The van der Waals surface area contributed by atoms with Gasteiger partial charge in [0, 0.05) is 5.56 Å². The molecule has 0 radical (unpaired) electrons. The number of benzene rings is 1. The molecule has 0 fully saturated rings. The Labute approximate surface area is 99.5 Å². The van der Waals surface area contributed by atoms with Crippen LogP contribution in [0.5, 0.6) is 0 Å². The van der Waals surface area contributed by atoms with Crippen LogP contribution >= 0.6 is 0 Å². The topological polar surface area (TPSA) is 49.7 Å². The minimum Gasteiger partial charge on any atom is -0.402 e. The molecule has 0 heterocycles. The normalized spacial score (nSPS) is 26.6. The van der Waals surface area contributed by atoms with Crippen molar-refractivity contribution >= 4 is 13.4 Å². The summed E-state index contributed by atoms with van der Waals surface area (Å²) < 4.78 is 58.4. The molecule has 3 nitrogen and oxygen atoms in total. The van der Waals surface area contributed by atoms with Gasteiger partial charge in [0.25, 0.3) is 5.85 Å². The van der Waals surface area contributed by atoms with Crippen LogP contribution in [-0.2, 0) is 4.65 Å². The molecule has 1 aromatic carbocycles. The predicted molar refractivity (Wildman–Crippen MR) is 54.4 cm³/mol. The molecule has 8 heteroatoms. The molecule has 0 aromatic heterocycles. The predicted octanol–water partition coefficient (Wildman–Crippen LogP) is 1.81. The summed E-state index contributed by atoms with van der Waals surface area (Å²) in [5.74, 6) is -6.55. The minimum atomic E-state index is -3.76. The van der Waals surface area contributed by atoms with Gasteiger partial charge in [-0.3, -0.25) is 0 Å². The van der Waals surface area contributed by atoms with Crippen molar-refractivity contribution in [2.24, 2.45) is 0 Å². The Bertz CT molecular complexity index is 508. The average Bonchev–Trinajstić information content (AvgIpc) is 2.25. The van der Waals surface area contributed by atoms with E-state index in [4.69, 9.17) is 10.0 Å². The lowest BCUT2D eigenvalue weighted by Gasteiger charge is -2.31. The van der Waals surface area contributed by atoms with Crippen LogP contribution in [0.4, 0.5) is 17.6 Å². The Morgan fingerprint density at radius 1 is 1.28 bits per heavy atom. The van der Waals surface area contributed by atoms with Gasteiger partial charge in [-0.25, -0.2) is 17.6 Å². The Morgan fingerprint density at radius 2 is 1.94 bits per heavy atom. The van der Waals surface area contributed by atoms with Crippen molar-refractivity contribution in [3.05, 3.63) is 41.0 Å². The second-order valence-electron chi connectivity index (χ2n) is 3.69. The van der Waals surface area contributed by atoms with Crippen molar-refractivity contribution in [2.45, 2.75) is 12.0 Å². The van der Waals surface area contributed by atoms with E-state index in [1.54, 1.807) is 0 Å². The first-order valence-corrected chi connectivity index (χ1v) is 4.89. The van der Waals surface area contributed by atoms with Crippen molar-refractivity contribution in [3.63, 3.8) is 0 Å². The van der Waals surface area contributed by atoms with Crippen molar-refractivity contribution in [1.29, 1.82) is 0 Å². The summed E-state index contributed by atoms with van der Waals surface area (Å²) in [5.41, 5.74) is -0.911. The summed E-state index contributed by atoms with van der Waals surface area (Å²) in [5, 5.41) is 16.9. The number of fused-ring (bicyclic) bond motifs is 1. The lowest BCUT2D eigenvalue weighted by atomic mass is 9.90. The maximum atomic E-state index is 13.9. The lowest BCUT2D eigenvalue weighted by molar-refractivity contribution is -0.129. The van der Waals surface area contributed by atoms with E-state index in [-0.39, 0.29) is 5.56 Å². The summed E-state index contributed by atoms with van der Waals surface area (Å²) in [6.45, 7) is 0. The summed E-state index contributed by atoms with van der Waals surface area (Å²) >= 11 is 0. The van der Waals surface area contributed by atoms with Gasteiger partial charge in [0.05, 0.1) is 0 Å². The minimum absolute atomic E-state index is 0.177. The van der Waals surface area contributed by atoms with Crippen LogP contribution in [0.3, 0.4) is 0 Å². The van der Waals surface area contributed by atoms with Gasteiger partial charge in [-0.15, -0.1) is 0 Å². The van der Waals surface area contributed by atoms with Gasteiger partial charge in [-0.1, -0.05) is 12.1 Å². The molecule has 96 valence electrons. The molecule has 2 rings (SSSR count). The monoisotopic (exact) mass is 262 g/mol. The molecule has 0 saturated carbocycles. The largest absolute Gasteiger partial charge is 0.636 e. The maximum Gasteiger partial charge on any atom is 0.636 e. The SMILES string of the molecule is OB(O)OC1(F)C(F)=Cc2cccc(F)c2C1F. The first kappa shape index (κ1) is 13.1. The first-order valence-electron chi connectivity index (χ1n) is 4.89. The van der Waals surface area contributed by atoms with E-state index >= 15 is 0 Å². The van der Waals surface area contributed by atoms with Gasteiger partial charge in [-0.2, -0.15) is 0 Å². The van der Waals surface area contributed by atoms with Crippen molar-refractivity contribution < 1.29 is 32.3 Å². The first-order chi connectivity index (χ1) is 8.36. The van der Waals surface area contributed by atoms with Crippen molar-refractivity contribution in [1.82, 2.24) is 0 Å². The number of alkyl halides is 2. The lowest BCUT2D eigenvalue weighted by Crippen LogP contribution is -2.41. The van der Waals surface area contributed by atoms with E-state index in [1.807, 2.05) is 0 Å². The molecule has 0 amide bonds. The molecule has 0 saturated heterocycles. The number of hydrogen-bond acceptors (Lipinski definition) is 3. The Hall–Kier alpha value is -1.38. The highest BCUT2D eigenvalue weighted by molar-refractivity contribution is 6.32. The molecular weight excluding hydrogens is 255 g/mol. The molecule has 0 bridgehead atoms. The quantitative estimate of drug-likeness (QED) is 0.631. The van der Waals surface area contributed by atoms with Gasteiger partial charge in [0.15, 0.2) is 12.0 Å². The molecule has 2 atom stereocenters. The van der Waals surface area contributed by atoms with Crippen LogP contribution in [0.25, 0.3) is 6.08 Å². The van der Waals surface area contributed by atoms with Gasteiger partial charge >= 0.3 is 7.32 Å². The molecule has 1 aliphatic rings. The van der Waals surface area contributed by atoms with Gasteiger partial charge in [0.1, 0.15) is 5.82 Å². The zero-order valence-corrected chi connectivity index (χ0v) is 8.78. The molecule has 1 aromatic rings. The van der Waals surface area contributed by atoms with Gasteiger partial charge in [0.2, 0.25) is 0 Å². The van der Waals surface area contributed by atoms with Crippen molar-refractivity contribution in [2.75, 3.05) is 0 Å². The van der Waals surface area contributed by atoms with E-state index in [2.05, 4.69) is 4.65 Å². The van der Waals surface area contributed by atoms with E-state index < -0.39 is 36.6 Å². The van der Waals surface area contributed by atoms with Crippen LogP contribution in [0.2, 0.25) is 0 Å². The molecule has 0 aliphatic heterocycles.